The van der Waals surface area contributed by atoms with Crippen molar-refractivity contribution in [1.29, 1.82) is 0 Å². The van der Waals surface area contributed by atoms with Gasteiger partial charge in [-0.05, 0) is 37.1 Å². The molecule has 1 fully saturated rings. The number of benzene rings is 2. The minimum Gasteiger partial charge on any atom is -0.353 e. The fourth-order valence-corrected chi connectivity index (χ4v) is 4.56. The second-order valence-corrected chi connectivity index (χ2v) is 8.19. The summed E-state index contributed by atoms with van der Waals surface area (Å²) in [4.78, 5) is 30.2. The van der Waals surface area contributed by atoms with Gasteiger partial charge in [0.2, 0.25) is 5.91 Å². The molecule has 3 aromatic rings. The highest BCUT2D eigenvalue weighted by molar-refractivity contribution is 7.99. The maximum atomic E-state index is 13.2. The number of para-hydroxylation sites is 2. The first-order valence-corrected chi connectivity index (χ1v) is 10.7. The molecule has 1 heterocycles. The Labute approximate surface area is 172 Å². The molecule has 0 radical (unpaired) electrons. The molecule has 1 saturated carbocycles. The third-order valence-corrected chi connectivity index (χ3v) is 6.15. The van der Waals surface area contributed by atoms with Crippen LogP contribution in [0.4, 0.5) is 0 Å². The average molecular weight is 414 g/mol. The number of thioether (sulfide) groups is 1. The van der Waals surface area contributed by atoms with Crippen LogP contribution >= 0.6 is 23.4 Å². The zero-order valence-electron chi connectivity index (χ0n) is 15.2. The Bertz CT molecular complexity index is 1080. The van der Waals surface area contributed by atoms with Gasteiger partial charge in [0.05, 0.1) is 27.4 Å². The lowest BCUT2D eigenvalue weighted by molar-refractivity contribution is -0.119. The van der Waals surface area contributed by atoms with E-state index >= 15 is 0 Å². The van der Waals surface area contributed by atoms with E-state index in [1.54, 1.807) is 24.3 Å². The van der Waals surface area contributed by atoms with E-state index in [1.807, 2.05) is 24.3 Å². The first kappa shape index (κ1) is 19.0. The molecule has 7 heteroatoms. The van der Waals surface area contributed by atoms with Crippen molar-refractivity contribution in [2.75, 3.05) is 5.75 Å². The fourth-order valence-electron chi connectivity index (χ4n) is 3.52. The third kappa shape index (κ3) is 3.93. The Hall–Kier alpha value is -2.31. The van der Waals surface area contributed by atoms with Crippen LogP contribution in [0.5, 0.6) is 0 Å². The Morgan fingerprint density at radius 1 is 1.14 bits per heavy atom. The number of carbonyl (C=O) groups excluding carboxylic acids is 1. The lowest BCUT2D eigenvalue weighted by Gasteiger charge is -2.15. The number of hydrogen-bond donors (Lipinski definition) is 1. The van der Waals surface area contributed by atoms with Crippen molar-refractivity contribution >= 4 is 40.2 Å². The van der Waals surface area contributed by atoms with E-state index in [0.29, 0.717) is 26.8 Å². The number of hydrogen-bond acceptors (Lipinski definition) is 4. The molecule has 0 spiro atoms. The topological polar surface area (TPSA) is 64.0 Å². The summed E-state index contributed by atoms with van der Waals surface area (Å²) in [6, 6.07) is 14.6. The SMILES string of the molecule is O=C(CSc1nc2ccccc2c(=O)n1-c1ccccc1Cl)NC1CCCC1. The highest BCUT2D eigenvalue weighted by Gasteiger charge is 2.19. The predicted molar refractivity (Wildman–Crippen MR) is 113 cm³/mol. The van der Waals surface area contributed by atoms with Gasteiger partial charge in [-0.25, -0.2) is 4.98 Å². The number of nitrogens with zero attached hydrogens (tertiary/aromatic N) is 2. The molecule has 1 amide bonds. The van der Waals surface area contributed by atoms with Crippen molar-refractivity contribution < 1.29 is 4.79 Å². The fraction of sp³-hybridized carbons (Fsp3) is 0.286. The summed E-state index contributed by atoms with van der Waals surface area (Å²) in [7, 11) is 0. The van der Waals surface area contributed by atoms with Gasteiger partial charge in [0, 0.05) is 6.04 Å². The second-order valence-electron chi connectivity index (χ2n) is 6.84. The van der Waals surface area contributed by atoms with E-state index in [1.165, 1.54) is 16.3 Å². The number of halogens is 1. The smallest absolute Gasteiger partial charge is 0.266 e. The minimum atomic E-state index is -0.197. The molecule has 0 aliphatic heterocycles. The Morgan fingerprint density at radius 3 is 2.64 bits per heavy atom. The first-order chi connectivity index (χ1) is 13.6. The molecule has 5 nitrogen and oxygen atoms in total. The molecule has 0 saturated heterocycles. The van der Waals surface area contributed by atoms with Gasteiger partial charge in [0.25, 0.3) is 5.56 Å². The summed E-state index contributed by atoms with van der Waals surface area (Å²) < 4.78 is 1.50. The van der Waals surface area contributed by atoms with Crippen LogP contribution in [0, 0.1) is 0 Å². The van der Waals surface area contributed by atoms with Gasteiger partial charge >= 0.3 is 0 Å². The quantitative estimate of drug-likeness (QED) is 0.503. The summed E-state index contributed by atoms with van der Waals surface area (Å²) >= 11 is 7.61. The molecule has 1 aromatic heterocycles. The van der Waals surface area contributed by atoms with Gasteiger partial charge in [-0.15, -0.1) is 0 Å². The lowest BCUT2D eigenvalue weighted by Crippen LogP contribution is -2.34. The zero-order chi connectivity index (χ0) is 19.5. The maximum Gasteiger partial charge on any atom is 0.266 e. The third-order valence-electron chi connectivity index (χ3n) is 4.89. The Kier molecular flexibility index (Phi) is 5.69. The van der Waals surface area contributed by atoms with Crippen LogP contribution in [0.3, 0.4) is 0 Å². The average Bonchev–Trinajstić information content (AvgIpc) is 3.20. The van der Waals surface area contributed by atoms with Crippen LogP contribution in [-0.4, -0.2) is 27.3 Å². The summed E-state index contributed by atoms with van der Waals surface area (Å²) in [6.45, 7) is 0. The highest BCUT2D eigenvalue weighted by atomic mass is 35.5. The van der Waals surface area contributed by atoms with Crippen molar-refractivity contribution in [3.05, 3.63) is 63.9 Å². The van der Waals surface area contributed by atoms with Crippen LogP contribution in [0.15, 0.2) is 58.5 Å². The van der Waals surface area contributed by atoms with Crippen molar-refractivity contribution in [2.24, 2.45) is 0 Å². The van der Waals surface area contributed by atoms with E-state index in [2.05, 4.69) is 10.3 Å². The number of nitrogens with one attached hydrogen (secondary N) is 1. The molecule has 0 bridgehead atoms. The maximum absolute atomic E-state index is 13.2. The van der Waals surface area contributed by atoms with Gasteiger partial charge in [-0.1, -0.05) is 60.5 Å². The van der Waals surface area contributed by atoms with Gasteiger partial charge in [0.1, 0.15) is 0 Å². The number of amides is 1. The normalized spacial score (nSPS) is 14.5. The van der Waals surface area contributed by atoms with E-state index in [4.69, 9.17) is 11.6 Å². The van der Waals surface area contributed by atoms with Crippen LogP contribution < -0.4 is 10.9 Å². The summed E-state index contributed by atoms with van der Waals surface area (Å²) in [6.07, 6.45) is 4.40. The Morgan fingerprint density at radius 2 is 1.86 bits per heavy atom. The molecule has 4 rings (SSSR count). The summed E-state index contributed by atoms with van der Waals surface area (Å²) in [5, 5.41) is 4.50. The molecule has 1 aliphatic rings. The van der Waals surface area contributed by atoms with Crippen molar-refractivity contribution in [3.63, 3.8) is 0 Å². The second kappa shape index (κ2) is 8.37. The largest absolute Gasteiger partial charge is 0.353 e. The molecule has 0 unspecified atom stereocenters. The van der Waals surface area contributed by atoms with Gasteiger partial charge in [-0.3, -0.25) is 14.2 Å². The van der Waals surface area contributed by atoms with Crippen LogP contribution in [-0.2, 0) is 4.79 Å². The van der Waals surface area contributed by atoms with Crippen molar-refractivity contribution in [1.82, 2.24) is 14.9 Å². The standard InChI is InChI=1S/C21H20ClN3O2S/c22-16-10-4-6-12-18(16)25-20(27)15-9-3-5-11-17(15)24-21(25)28-13-19(26)23-14-7-1-2-8-14/h3-6,9-12,14H,1-2,7-8,13H2,(H,23,26). The first-order valence-electron chi connectivity index (χ1n) is 9.32. The molecule has 1 N–H and O–H groups in total. The van der Waals surface area contributed by atoms with Crippen LogP contribution in [0.1, 0.15) is 25.7 Å². The minimum absolute atomic E-state index is 0.0370. The van der Waals surface area contributed by atoms with E-state index in [0.717, 1.165) is 25.7 Å². The lowest BCUT2D eigenvalue weighted by atomic mass is 10.2. The zero-order valence-corrected chi connectivity index (χ0v) is 16.8. The van der Waals surface area contributed by atoms with Crippen LogP contribution in [0.2, 0.25) is 5.02 Å². The predicted octanol–water partition coefficient (Wildman–Crippen LogP) is 4.19. The number of rotatable bonds is 5. The molecule has 0 atom stereocenters. The van der Waals surface area contributed by atoms with Crippen molar-refractivity contribution in [2.45, 2.75) is 36.9 Å². The van der Waals surface area contributed by atoms with E-state index in [-0.39, 0.29) is 23.3 Å². The summed E-state index contributed by atoms with van der Waals surface area (Å²) in [5.74, 6) is 0.163. The Balaban J connectivity index is 1.70. The van der Waals surface area contributed by atoms with E-state index < -0.39 is 0 Å². The molecule has 1 aliphatic carbocycles. The van der Waals surface area contributed by atoms with Gasteiger partial charge in [0.15, 0.2) is 5.16 Å². The number of aromatic nitrogens is 2. The molecular weight excluding hydrogens is 394 g/mol. The summed E-state index contributed by atoms with van der Waals surface area (Å²) in [5.41, 5.74) is 0.970. The molecule has 2 aromatic carbocycles. The van der Waals surface area contributed by atoms with Crippen molar-refractivity contribution in [3.8, 4) is 5.69 Å². The molecular formula is C21H20ClN3O2S. The molecule has 144 valence electrons. The van der Waals surface area contributed by atoms with E-state index in [9.17, 15) is 9.59 Å². The number of carbonyl (C=O) groups is 1. The number of fused-ring (bicyclic) bond motifs is 1. The van der Waals surface area contributed by atoms with Crippen LogP contribution in [0.25, 0.3) is 16.6 Å². The highest BCUT2D eigenvalue weighted by Crippen LogP contribution is 2.26. The monoisotopic (exact) mass is 413 g/mol. The molecule has 28 heavy (non-hydrogen) atoms. The van der Waals surface area contributed by atoms with Gasteiger partial charge in [-0.2, -0.15) is 0 Å². The van der Waals surface area contributed by atoms with Gasteiger partial charge < -0.3 is 5.32 Å².